The molecular formula is C22H38. The fourth-order valence-electron chi connectivity index (χ4n) is 2.33. The van der Waals surface area contributed by atoms with E-state index in [4.69, 9.17) is 0 Å². The van der Waals surface area contributed by atoms with E-state index in [9.17, 15) is 0 Å². The van der Waals surface area contributed by atoms with Crippen LogP contribution in [-0.4, -0.2) is 0 Å². The number of rotatable bonds is 15. The Morgan fingerprint density at radius 1 is 0.545 bits per heavy atom. The van der Waals surface area contributed by atoms with Crippen molar-refractivity contribution in [1.29, 1.82) is 0 Å². The Morgan fingerprint density at radius 2 is 1.14 bits per heavy atom. The van der Waals surface area contributed by atoms with Gasteiger partial charge in [0, 0.05) is 0 Å². The van der Waals surface area contributed by atoms with E-state index >= 15 is 0 Å². The van der Waals surface area contributed by atoms with Gasteiger partial charge in [-0.1, -0.05) is 83.1 Å². The lowest BCUT2D eigenvalue weighted by atomic mass is 10.1. The predicted octanol–water partition coefficient (Wildman–Crippen LogP) is 7.92. The van der Waals surface area contributed by atoms with Crippen LogP contribution in [0.15, 0.2) is 42.2 Å². The summed E-state index contributed by atoms with van der Waals surface area (Å²) in [7, 11) is 0. The molecule has 0 nitrogen and oxygen atoms in total. The zero-order chi connectivity index (χ0) is 16.1. The highest BCUT2D eigenvalue weighted by atomic mass is 13.9. The molecule has 0 aliphatic heterocycles. The van der Waals surface area contributed by atoms with Gasteiger partial charge in [0.2, 0.25) is 0 Å². The number of unbranched alkanes of at least 4 members (excludes halogenated alkanes) is 9. The van der Waals surface area contributed by atoms with Gasteiger partial charge in [-0.15, -0.1) is 5.73 Å². The van der Waals surface area contributed by atoms with Gasteiger partial charge in [-0.05, 0) is 50.7 Å². The number of hydrogen-bond acceptors (Lipinski definition) is 0. The molecule has 0 rings (SSSR count). The minimum atomic E-state index is 1.01. The monoisotopic (exact) mass is 302 g/mol. The van der Waals surface area contributed by atoms with E-state index < -0.39 is 0 Å². The summed E-state index contributed by atoms with van der Waals surface area (Å²) in [5.41, 5.74) is 3.26. The van der Waals surface area contributed by atoms with Crippen molar-refractivity contribution in [3.05, 3.63) is 42.2 Å². The SMILES string of the molecule is CCCCCC=C=CCC=CCC=CCCCCCCCC. The molecule has 22 heavy (non-hydrogen) atoms. The van der Waals surface area contributed by atoms with Crippen LogP contribution in [0.3, 0.4) is 0 Å². The van der Waals surface area contributed by atoms with Crippen LogP contribution < -0.4 is 0 Å². The highest BCUT2D eigenvalue weighted by Gasteiger charge is 1.87. The Hall–Kier alpha value is -1.00. The smallest absolute Gasteiger partial charge is 0.00929 e. The second-order valence-electron chi connectivity index (χ2n) is 6.04. The molecule has 0 spiro atoms. The van der Waals surface area contributed by atoms with Gasteiger partial charge in [0.1, 0.15) is 0 Å². The summed E-state index contributed by atoms with van der Waals surface area (Å²) in [6.45, 7) is 4.52. The van der Waals surface area contributed by atoms with Gasteiger partial charge in [0.15, 0.2) is 0 Å². The van der Waals surface area contributed by atoms with Gasteiger partial charge >= 0.3 is 0 Å². The molecule has 0 atom stereocenters. The van der Waals surface area contributed by atoms with Crippen LogP contribution >= 0.6 is 0 Å². The van der Waals surface area contributed by atoms with Crippen molar-refractivity contribution in [2.75, 3.05) is 0 Å². The molecule has 0 aromatic carbocycles. The van der Waals surface area contributed by atoms with Crippen LogP contribution in [0.25, 0.3) is 0 Å². The summed E-state index contributed by atoms with van der Waals surface area (Å²) in [6.07, 6.45) is 30.2. The zero-order valence-corrected chi connectivity index (χ0v) is 15.2. The first-order chi connectivity index (χ1) is 10.9. The maximum atomic E-state index is 3.26. The van der Waals surface area contributed by atoms with E-state index in [1.165, 1.54) is 70.6 Å². The number of hydrogen-bond donors (Lipinski definition) is 0. The molecule has 0 saturated carbocycles. The number of allylic oxidation sites excluding steroid dienone is 5. The lowest BCUT2D eigenvalue weighted by Crippen LogP contribution is -1.77. The van der Waals surface area contributed by atoms with Crippen molar-refractivity contribution in [2.24, 2.45) is 0 Å². The van der Waals surface area contributed by atoms with Gasteiger partial charge in [0.25, 0.3) is 0 Å². The molecule has 0 unspecified atom stereocenters. The van der Waals surface area contributed by atoms with Crippen molar-refractivity contribution >= 4 is 0 Å². The Kier molecular flexibility index (Phi) is 19.1. The zero-order valence-electron chi connectivity index (χ0n) is 15.2. The fraction of sp³-hybridized carbons (Fsp3) is 0.682. The van der Waals surface area contributed by atoms with Crippen LogP contribution in [0.4, 0.5) is 0 Å². The molecule has 0 aliphatic rings. The minimum absolute atomic E-state index is 1.01. The quantitative estimate of drug-likeness (QED) is 0.164. The molecular weight excluding hydrogens is 264 g/mol. The topological polar surface area (TPSA) is 0 Å². The van der Waals surface area contributed by atoms with Crippen molar-refractivity contribution in [1.82, 2.24) is 0 Å². The predicted molar refractivity (Wildman–Crippen MR) is 102 cm³/mol. The van der Waals surface area contributed by atoms with E-state index in [1.54, 1.807) is 0 Å². The van der Waals surface area contributed by atoms with Crippen molar-refractivity contribution in [3.63, 3.8) is 0 Å². The van der Waals surface area contributed by atoms with Gasteiger partial charge in [0.05, 0.1) is 0 Å². The second-order valence-corrected chi connectivity index (χ2v) is 6.04. The third-order valence-electron chi connectivity index (χ3n) is 3.77. The van der Waals surface area contributed by atoms with Crippen LogP contribution in [-0.2, 0) is 0 Å². The van der Waals surface area contributed by atoms with E-state index in [1.807, 2.05) is 0 Å². The molecule has 0 bridgehead atoms. The lowest BCUT2D eigenvalue weighted by Gasteiger charge is -1.97. The molecule has 0 heterocycles. The van der Waals surface area contributed by atoms with E-state index in [-0.39, 0.29) is 0 Å². The maximum Gasteiger partial charge on any atom is -0.00929 e. The molecule has 0 heteroatoms. The van der Waals surface area contributed by atoms with Gasteiger partial charge in [-0.3, -0.25) is 0 Å². The van der Waals surface area contributed by atoms with Crippen molar-refractivity contribution < 1.29 is 0 Å². The molecule has 0 aliphatic carbocycles. The third kappa shape index (κ3) is 19.0. The largest absolute Gasteiger partial charge is 0.129 e. The Morgan fingerprint density at radius 3 is 1.95 bits per heavy atom. The standard InChI is InChI=1S/C22H38/c1-3-5-7-9-11-13-15-17-19-21-22-20-18-16-14-12-10-8-6-4-2/h11,15,18-21H,3-10,12,14,16-17,22H2,1-2H3. The molecule has 0 radical (unpaired) electrons. The van der Waals surface area contributed by atoms with Crippen LogP contribution in [0.1, 0.15) is 97.3 Å². The van der Waals surface area contributed by atoms with E-state index in [2.05, 4.69) is 56.0 Å². The molecule has 0 amide bonds. The fourth-order valence-corrected chi connectivity index (χ4v) is 2.33. The molecule has 126 valence electrons. The summed E-state index contributed by atoms with van der Waals surface area (Å²) >= 11 is 0. The Bertz CT molecular complexity index is 313. The van der Waals surface area contributed by atoms with Crippen LogP contribution in [0.2, 0.25) is 0 Å². The van der Waals surface area contributed by atoms with E-state index in [0.717, 1.165) is 12.8 Å². The second kappa shape index (κ2) is 20.0. The summed E-state index contributed by atoms with van der Waals surface area (Å²) in [5.74, 6) is 0. The molecule has 0 N–H and O–H groups in total. The Balaban J connectivity index is 3.35. The lowest BCUT2D eigenvalue weighted by molar-refractivity contribution is 0.611. The minimum Gasteiger partial charge on any atom is -0.129 e. The molecule has 0 fully saturated rings. The summed E-state index contributed by atoms with van der Waals surface area (Å²) in [4.78, 5) is 0. The third-order valence-corrected chi connectivity index (χ3v) is 3.77. The highest BCUT2D eigenvalue weighted by molar-refractivity contribution is 4.97. The van der Waals surface area contributed by atoms with Gasteiger partial charge < -0.3 is 0 Å². The van der Waals surface area contributed by atoms with Crippen LogP contribution in [0.5, 0.6) is 0 Å². The van der Waals surface area contributed by atoms with Crippen molar-refractivity contribution in [3.8, 4) is 0 Å². The Labute approximate surface area is 140 Å². The normalized spacial score (nSPS) is 11.2. The molecule has 0 saturated heterocycles. The first-order valence-corrected chi connectivity index (χ1v) is 9.61. The first-order valence-electron chi connectivity index (χ1n) is 9.61. The van der Waals surface area contributed by atoms with Gasteiger partial charge in [-0.25, -0.2) is 0 Å². The first kappa shape index (κ1) is 21.0. The summed E-state index contributed by atoms with van der Waals surface area (Å²) in [5, 5.41) is 0. The average Bonchev–Trinajstić information content (AvgIpc) is 2.54. The van der Waals surface area contributed by atoms with Gasteiger partial charge in [-0.2, -0.15) is 0 Å². The summed E-state index contributed by atoms with van der Waals surface area (Å²) < 4.78 is 0. The average molecular weight is 303 g/mol. The van der Waals surface area contributed by atoms with Crippen molar-refractivity contribution in [2.45, 2.75) is 97.3 Å². The highest BCUT2D eigenvalue weighted by Crippen LogP contribution is 2.07. The van der Waals surface area contributed by atoms with Crippen LogP contribution in [0, 0.1) is 0 Å². The molecule has 0 aromatic rings. The summed E-state index contributed by atoms with van der Waals surface area (Å²) in [6, 6.07) is 0. The molecule has 0 aromatic heterocycles. The van der Waals surface area contributed by atoms with E-state index in [0.29, 0.717) is 0 Å². The maximum absolute atomic E-state index is 3.26.